The monoisotopic (exact) mass is 403 g/mol. The second kappa shape index (κ2) is 6.88. The van der Waals surface area contributed by atoms with Crippen LogP contribution in [-0.4, -0.2) is 16.9 Å². The van der Waals surface area contributed by atoms with Gasteiger partial charge < -0.3 is 10.1 Å². The van der Waals surface area contributed by atoms with Gasteiger partial charge in [-0.3, -0.25) is 4.68 Å². The highest BCUT2D eigenvalue weighted by atomic mass is 79.9. The quantitative estimate of drug-likeness (QED) is 0.637. The maximum absolute atomic E-state index is 14.6. The standard InChI is InChI=1S/C19H19BrFN3O/c1-11-6-5-7-15(20)18(11)22-19-17(12(2)23-24(19)3)14-9-8-13(25-4)10-16(14)21/h5-10,22H,1-4H3. The Morgan fingerprint density at radius 1 is 1.20 bits per heavy atom. The molecule has 0 amide bonds. The van der Waals surface area contributed by atoms with E-state index in [1.54, 1.807) is 16.8 Å². The van der Waals surface area contributed by atoms with E-state index in [0.717, 1.165) is 32.8 Å². The zero-order valence-electron chi connectivity index (χ0n) is 14.5. The van der Waals surface area contributed by atoms with Gasteiger partial charge in [0, 0.05) is 23.2 Å². The fourth-order valence-electron chi connectivity index (χ4n) is 2.86. The molecule has 0 atom stereocenters. The number of methoxy groups -OCH3 is 1. The van der Waals surface area contributed by atoms with E-state index in [1.807, 2.05) is 39.1 Å². The zero-order chi connectivity index (χ0) is 18.1. The third-order valence-corrected chi connectivity index (χ3v) is 4.79. The molecule has 1 aromatic heterocycles. The second-order valence-corrected chi connectivity index (χ2v) is 6.69. The number of anilines is 2. The van der Waals surface area contributed by atoms with E-state index >= 15 is 0 Å². The average molecular weight is 404 g/mol. The van der Waals surface area contributed by atoms with Gasteiger partial charge in [-0.25, -0.2) is 4.39 Å². The molecule has 0 saturated carbocycles. The van der Waals surface area contributed by atoms with Crippen molar-refractivity contribution in [1.82, 2.24) is 9.78 Å². The van der Waals surface area contributed by atoms with Crippen molar-refractivity contribution in [2.24, 2.45) is 7.05 Å². The topological polar surface area (TPSA) is 39.1 Å². The third kappa shape index (κ3) is 3.26. The molecule has 0 saturated heterocycles. The molecule has 2 aromatic carbocycles. The predicted molar refractivity (Wildman–Crippen MR) is 102 cm³/mol. The van der Waals surface area contributed by atoms with E-state index in [-0.39, 0.29) is 5.82 Å². The molecule has 4 nitrogen and oxygen atoms in total. The summed E-state index contributed by atoms with van der Waals surface area (Å²) >= 11 is 3.57. The van der Waals surface area contributed by atoms with Gasteiger partial charge >= 0.3 is 0 Å². The zero-order valence-corrected chi connectivity index (χ0v) is 16.1. The van der Waals surface area contributed by atoms with Crippen LogP contribution in [0.4, 0.5) is 15.9 Å². The minimum absolute atomic E-state index is 0.345. The van der Waals surface area contributed by atoms with Gasteiger partial charge in [-0.15, -0.1) is 0 Å². The number of para-hydroxylation sites is 1. The van der Waals surface area contributed by atoms with Gasteiger partial charge in [-0.1, -0.05) is 12.1 Å². The molecule has 3 aromatic rings. The van der Waals surface area contributed by atoms with E-state index in [0.29, 0.717) is 11.3 Å². The number of aromatic nitrogens is 2. The van der Waals surface area contributed by atoms with Crippen LogP contribution in [0.2, 0.25) is 0 Å². The van der Waals surface area contributed by atoms with Crippen molar-refractivity contribution in [2.75, 3.05) is 12.4 Å². The number of halogens is 2. The van der Waals surface area contributed by atoms with Gasteiger partial charge in [0.2, 0.25) is 0 Å². The summed E-state index contributed by atoms with van der Waals surface area (Å²) in [5.74, 6) is 0.873. The maximum Gasteiger partial charge on any atom is 0.136 e. The van der Waals surface area contributed by atoms with E-state index < -0.39 is 0 Å². The first-order chi connectivity index (χ1) is 11.9. The van der Waals surface area contributed by atoms with Crippen molar-refractivity contribution < 1.29 is 9.13 Å². The highest BCUT2D eigenvalue weighted by molar-refractivity contribution is 9.10. The van der Waals surface area contributed by atoms with Crippen LogP contribution >= 0.6 is 15.9 Å². The summed E-state index contributed by atoms with van der Waals surface area (Å²) < 4.78 is 22.4. The van der Waals surface area contributed by atoms with Gasteiger partial charge in [0.05, 0.1) is 24.1 Å². The van der Waals surface area contributed by atoms with E-state index in [2.05, 4.69) is 26.3 Å². The second-order valence-electron chi connectivity index (χ2n) is 5.84. The van der Waals surface area contributed by atoms with Gasteiger partial charge in [0.1, 0.15) is 17.4 Å². The number of nitrogens with one attached hydrogen (secondary N) is 1. The number of aryl methyl sites for hydroxylation is 3. The third-order valence-electron chi connectivity index (χ3n) is 4.13. The molecule has 0 aliphatic heterocycles. The van der Waals surface area contributed by atoms with Crippen molar-refractivity contribution in [3.63, 3.8) is 0 Å². The highest BCUT2D eigenvalue weighted by Gasteiger charge is 2.20. The smallest absolute Gasteiger partial charge is 0.136 e. The number of benzene rings is 2. The molecule has 0 aliphatic carbocycles. The van der Waals surface area contributed by atoms with E-state index in [4.69, 9.17) is 4.74 Å². The van der Waals surface area contributed by atoms with Crippen molar-refractivity contribution in [3.05, 3.63) is 57.9 Å². The lowest BCUT2D eigenvalue weighted by atomic mass is 10.0. The molecular formula is C19H19BrFN3O. The minimum Gasteiger partial charge on any atom is -0.497 e. The molecule has 0 radical (unpaired) electrons. The summed E-state index contributed by atoms with van der Waals surface area (Å²) in [6, 6.07) is 10.8. The van der Waals surface area contributed by atoms with Crippen LogP contribution in [0.3, 0.4) is 0 Å². The number of rotatable bonds is 4. The summed E-state index contributed by atoms with van der Waals surface area (Å²) in [6.07, 6.45) is 0. The molecule has 0 unspecified atom stereocenters. The molecule has 3 rings (SSSR count). The fourth-order valence-corrected chi connectivity index (χ4v) is 3.42. The number of hydrogen-bond acceptors (Lipinski definition) is 3. The van der Waals surface area contributed by atoms with Crippen molar-refractivity contribution >= 4 is 27.4 Å². The van der Waals surface area contributed by atoms with E-state index in [1.165, 1.54) is 13.2 Å². The molecule has 1 N–H and O–H groups in total. The van der Waals surface area contributed by atoms with Crippen molar-refractivity contribution in [2.45, 2.75) is 13.8 Å². The fraction of sp³-hybridized carbons (Fsp3) is 0.211. The highest BCUT2D eigenvalue weighted by Crippen LogP contribution is 2.38. The Kier molecular flexibility index (Phi) is 4.81. The first kappa shape index (κ1) is 17.5. The van der Waals surface area contributed by atoms with Crippen molar-refractivity contribution in [3.8, 4) is 16.9 Å². The Balaban J connectivity index is 2.14. The van der Waals surface area contributed by atoms with Crippen LogP contribution in [0.5, 0.6) is 5.75 Å². The Bertz CT molecular complexity index is 916. The number of nitrogens with zero attached hydrogens (tertiary/aromatic N) is 2. The van der Waals surface area contributed by atoms with Crippen LogP contribution in [0.15, 0.2) is 40.9 Å². The molecule has 25 heavy (non-hydrogen) atoms. The average Bonchev–Trinajstić information content (AvgIpc) is 2.84. The van der Waals surface area contributed by atoms with Crippen LogP contribution in [0, 0.1) is 19.7 Å². The van der Waals surface area contributed by atoms with E-state index in [9.17, 15) is 4.39 Å². The molecular weight excluding hydrogens is 385 g/mol. The normalized spacial score (nSPS) is 10.8. The van der Waals surface area contributed by atoms with Gasteiger partial charge in [-0.05, 0) is 53.5 Å². The summed E-state index contributed by atoms with van der Waals surface area (Å²) in [5, 5.41) is 7.88. The Labute approximate surface area is 154 Å². The summed E-state index contributed by atoms with van der Waals surface area (Å²) in [7, 11) is 3.36. The summed E-state index contributed by atoms with van der Waals surface area (Å²) in [6.45, 7) is 3.89. The Morgan fingerprint density at radius 3 is 2.60 bits per heavy atom. The van der Waals surface area contributed by atoms with Crippen LogP contribution in [0.1, 0.15) is 11.3 Å². The molecule has 0 bridgehead atoms. The lowest BCUT2D eigenvalue weighted by Gasteiger charge is -2.14. The molecule has 1 heterocycles. The first-order valence-electron chi connectivity index (χ1n) is 7.82. The molecule has 0 aliphatic rings. The predicted octanol–water partition coefficient (Wildman–Crippen LogP) is 5.36. The van der Waals surface area contributed by atoms with Crippen LogP contribution in [-0.2, 0) is 7.05 Å². The molecule has 0 spiro atoms. The largest absolute Gasteiger partial charge is 0.497 e. The minimum atomic E-state index is -0.345. The molecule has 130 valence electrons. The van der Waals surface area contributed by atoms with Crippen LogP contribution in [0.25, 0.3) is 11.1 Å². The first-order valence-corrected chi connectivity index (χ1v) is 8.61. The Hall–Kier alpha value is -2.34. The van der Waals surface area contributed by atoms with Crippen molar-refractivity contribution in [1.29, 1.82) is 0 Å². The van der Waals surface area contributed by atoms with Crippen LogP contribution < -0.4 is 10.1 Å². The number of ether oxygens (including phenoxy) is 1. The lowest BCUT2D eigenvalue weighted by molar-refractivity contribution is 0.411. The molecule has 0 fully saturated rings. The summed E-state index contributed by atoms with van der Waals surface area (Å²) in [4.78, 5) is 0. The molecule has 6 heteroatoms. The number of hydrogen-bond donors (Lipinski definition) is 1. The lowest BCUT2D eigenvalue weighted by Crippen LogP contribution is -2.02. The van der Waals surface area contributed by atoms with Gasteiger partial charge in [0.15, 0.2) is 0 Å². The maximum atomic E-state index is 14.6. The SMILES string of the molecule is COc1ccc(-c2c(C)nn(C)c2Nc2c(C)cccc2Br)c(F)c1. The van der Waals surface area contributed by atoms with Gasteiger partial charge in [-0.2, -0.15) is 5.10 Å². The van der Waals surface area contributed by atoms with Gasteiger partial charge in [0.25, 0.3) is 0 Å². The Morgan fingerprint density at radius 2 is 1.96 bits per heavy atom. The summed E-state index contributed by atoms with van der Waals surface area (Å²) in [5.41, 5.74) is 3.98.